The molecular formula is C22H31IN4O. The summed E-state index contributed by atoms with van der Waals surface area (Å²) in [7, 11) is 5.93. The molecule has 2 aromatic carbocycles. The molecule has 0 aliphatic heterocycles. The highest BCUT2D eigenvalue weighted by Gasteiger charge is 2.05. The Morgan fingerprint density at radius 2 is 1.79 bits per heavy atom. The predicted molar refractivity (Wildman–Crippen MR) is 128 cm³/mol. The number of nitrogens with one attached hydrogen (secondary N) is 2. The molecule has 0 atom stereocenters. The van der Waals surface area contributed by atoms with Crippen LogP contribution >= 0.6 is 24.0 Å². The zero-order chi connectivity index (χ0) is 19.5. The van der Waals surface area contributed by atoms with Crippen molar-refractivity contribution in [1.82, 2.24) is 15.5 Å². The zero-order valence-corrected chi connectivity index (χ0v) is 19.3. The molecule has 0 aliphatic rings. The second-order valence-corrected chi connectivity index (χ2v) is 6.54. The van der Waals surface area contributed by atoms with Crippen LogP contribution in [0.4, 0.5) is 0 Å². The van der Waals surface area contributed by atoms with Gasteiger partial charge in [0.15, 0.2) is 5.96 Å². The van der Waals surface area contributed by atoms with Gasteiger partial charge in [0.05, 0.1) is 0 Å². The Morgan fingerprint density at radius 1 is 1.07 bits per heavy atom. The number of benzene rings is 2. The lowest BCUT2D eigenvalue weighted by Gasteiger charge is -2.15. The van der Waals surface area contributed by atoms with Crippen LogP contribution in [-0.2, 0) is 19.6 Å². The number of hydrogen-bond donors (Lipinski definition) is 2. The van der Waals surface area contributed by atoms with Gasteiger partial charge in [-0.15, -0.1) is 24.0 Å². The number of hydrogen-bond acceptors (Lipinski definition) is 3. The summed E-state index contributed by atoms with van der Waals surface area (Å²) in [4.78, 5) is 6.48. The van der Waals surface area contributed by atoms with Gasteiger partial charge in [0.2, 0.25) is 0 Å². The summed E-state index contributed by atoms with van der Waals surface area (Å²) in [6, 6.07) is 16.6. The van der Waals surface area contributed by atoms with E-state index in [1.807, 2.05) is 24.3 Å². The van der Waals surface area contributed by atoms with Crippen LogP contribution in [0.3, 0.4) is 0 Å². The maximum Gasteiger partial charge on any atom is 0.191 e. The predicted octanol–water partition coefficient (Wildman–Crippen LogP) is 3.80. The largest absolute Gasteiger partial charge is 0.489 e. The lowest BCUT2D eigenvalue weighted by atomic mass is 10.1. The number of aliphatic imine (C=N–C) groups is 1. The van der Waals surface area contributed by atoms with Gasteiger partial charge in [0.25, 0.3) is 0 Å². The van der Waals surface area contributed by atoms with Crippen molar-refractivity contribution in [2.75, 3.05) is 27.7 Å². The summed E-state index contributed by atoms with van der Waals surface area (Å²) in [5.41, 5.74) is 3.61. The first-order valence-electron chi connectivity index (χ1n) is 9.11. The van der Waals surface area contributed by atoms with Crippen molar-refractivity contribution in [2.24, 2.45) is 4.99 Å². The summed E-state index contributed by atoms with van der Waals surface area (Å²) in [5.74, 6) is 1.61. The van der Waals surface area contributed by atoms with Crippen LogP contribution in [0.2, 0.25) is 0 Å². The van der Waals surface area contributed by atoms with Crippen molar-refractivity contribution in [3.63, 3.8) is 0 Å². The molecule has 0 bridgehead atoms. The fourth-order valence-electron chi connectivity index (χ4n) is 2.73. The van der Waals surface area contributed by atoms with Crippen molar-refractivity contribution in [2.45, 2.75) is 19.6 Å². The molecule has 0 saturated carbocycles. The third-order valence-electron chi connectivity index (χ3n) is 3.95. The standard InChI is InChI=1S/C22H30N4O.HI/c1-5-13-27-21-12-7-6-11-20(21)16-25-22(23-2)24-15-18-9-8-10-19(14-18)17-26(3)4;/h5-12,14H,1,13,15-17H2,2-4H3,(H2,23,24,25);1H. The van der Waals surface area contributed by atoms with Crippen molar-refractivity contribution in [1.29, 1.82) is 0 Å². The average molecular weight is 494 g/mol. The van der Waals surface area contributed by atoms with Gasteiger partial charge in [-0.1, -0.05) is 55.1 Å². The van der Waals surface area contributed by atoms with Crippen LogP contribution in [0.5, 0.6) is 5.75 Å². The maximum atomic E-state index is 5.70. The topological polar surface area (TPSA) is 48.9 Å². The number of para-hydroxylation sites is 1. The summed E-state index contributed by atoms with van der Waals surface area (Å²) in [5, 5.41) is 6.71. The number of halogens is 1. The van der Waals surface area contributed by atoms with E-state index in [9.17, 15) is 0 Å². The highest BCUT2D eigenvalue weighted by atomic mass is 127. The molecule has 152 valence electrons. The number of ether oxygens (including phenoxy) is 1. The third-order valence-corrected chi connectivity index (χ3v) is 3.95. The van der Waals surface area contributed by atoms with Gasteiger partial charge in [0.1, 0.15) is 12.4 Å². The lowest BCUT2D eigenvalue weighted by molar-refractivity contribution is 0.358. The molecule has 2 rings (SSSR count). The molecule has 2 aromatic rings. The fourth-order valence-corrected chi connectivity index (χ4v) is 2.73. The van der Waals surface area contributed by atoms with Crippen molar-refractivity contribution in [3.05, 3.63) is 77.9 Å². The molecule has 0 unspecified atom stereocenters. The second-order valence-electron chi connectivity index (χ2n) is 6.54. The monoisotopic (exact) mass is 494 g/mol. The minimum absolute atomic E-state index is 0. The smallest absolute Gasteiger partial charge is 0.191 e. The number of guanidine groups is 1. The molecule has 0 radical (unpaired) electrons. The molecular weight excluding hydrogens is 463 g/mol. The SMILES string of the molecule is C=CCOc1ccccc1CNC(=NC)NCc1cccc(CN(C)C)c1.I. The Balaban J connectivity index is 0.00000392. The molecule has 0 spiro atoms. The van der Waals surface area contributed by atoms with E-state index in [4.69, 9.17) is 4.74 Å². The molecule has 0 fully saturated rings. The normalized spacial score (nSPS) is 10.9. The Labute approximate surface area is 185 Å². The number of rotatable bonds is 9. The first-order valence-corrected chi connectivity index (χ1v) is 9.11. The van der Waals surface area contributed by atoms with Crippen LogP contribution in [0, 0.1) is 0 Å². The minimum Gasteiger partial charge on any atom is -0.489 e. The van der Waals surface area contributed by atoms with Gasteiger partial charge >= 0.3 is 0 Å². The van der Waals surface area contributed by atoms with E-state index >= 15 is 0 Å². The van der Waals surface area contributed by atoms with Gasteiger partial charge < -0.3 is 20.3 Å². The third kappa shape index (κ3) is 8.31. The average Bonchev–Trinajstić information content (AvgIpc) is 2.67. The Hall–Kier alpha value is -2.06. The first kappa shape index (κ1) is 24.0. The Kier molecular flexibility index (Phi) is 11.3. The molecule has 0 heterocycles. The Bertz CT molecular complexity index is 762. The molecule has 5 nitrogen and oxygen atoms in total. The maximum absolute atomic E-state index is 5.70. The van der Waals surface area contributed by atoms with Gasteiger partial charge in [-0.2, -0.15) is 0 Å². The number of nitrogens with zero attached hydrogens (tertiary/aromatic N) is 2. The summed E-state index contributed by atoms with van der Waals surface area (Å²) in [6.07, 6.45) is 1.75. The fraction of sp³-hybridized carbons (Fsp3) is 0.318. The van der Waals surface area contributed by atoms with Crippen LogP contribution in [0.15, 0.2) is 66.2 Å². The van der Waals surface area contributed by atoms with E-state index in [0.717, 1.165) is 30.4 Å². The van der Waals surface area contributed by atoms with Gasteiger partial charge in [0, 0.05) is 32.2 Å². The Morgan fingerprint density at radius 3 is 2.50 bits per heavy atom. The van der Waals surface area contributed by atoms with Gasteiger partial charge in [-0.3, -0.25) is 4.99 Å². The summed E-state index contributed by atoms with van der Waals surface area (Å²) in [6.45, 7) is 6.47. The highest BCUT2D eigenvalue weighted by molar-refractivity contribution is 14.0. The second kappa shape index (κ2) is 13.2. The van der Waals surface area contributed by atoms with Crippen LogP contribution in [0.1, 0.15) is 16.7 Å². The highest BCUT2D eigenvalue weighted by Crippen LogP contribution is 2.17. The van der Waals surface area contributed by atoms with E-state index in [1.54, 1.807) is 13.1 Å². The lowest BCUT2D eigenvalue weighted by Crippen LogP contribution is -2.36. The van der Waals surface area contributed by atoms with Crippen molar-refractivity contribution >= 4 is 29.9 Å². The first-order chi connectivity index (χ1) is 13.1. The molecule has 2 N–H and O–H groups in total. The summed E-state index contributed by atoms with van der Waals surface area (Å²) >= 11 is 0. The molecule has 6 heteroatoms. The molecule has 0 aliphatic carbocycles. The van der Waals surface area contributed by atoms with E-state index in [2.05, 4.69) is 65.5 Å². The molecule has 0 amide bonds. The van der Waals surface area contributed by atoms with E-state index in [-0.39, 0.29) is 24.0 Å². The van der Waals surface area contributed by atoms with E-state index in [0.29, 0.717) is 13.2 Å². The van der Waals surface area contributed by atoms with Crippen LogP contribution < -0.4 is 15.4 Å². The van der Waals surface area contributed by atoms with Crippen molar-refractivity contribution in [3.8, 4) is 5.75 Å². The van der Waals surface area contributed by atoms with Gasteiger partial charge in [-0.05, 0) is 31.3 Å². The zero-order valence-electron chi connectivity index (χ0n) is 16.9. The van der Waals surface area contributed by atoms with E-state index < -0.39 is 0 Å². The molecule has 0 aromatic heterocycles. The van der Waals surface area contributed by atoms with Crippen LogP contribution in [-0.4, -0.2) is 38.6 Å². The van der Waals surface area contributed by atoms with Gasteiger partial charge in [-0.25, -0.2) is 0 Å². The molecule has 28 heavy (non-hydrogen) atoms. The van der Waals surface area contributed by atoms with Crippen LogP contribution in [0.25, 0.3) is 0 Å². The quantitative estimate of drug-likeness (QED) is 0.241. The van der Waals surface area contributed by atoms with E-state index in [1.165, 1.54) is 11.1 Å². The molecule has 0 saturated heterocycles. The van der Waals surface area contributed by atoms with Crippen molar-refractivity contribution < 1.29 is 4.74 Å². The minimum atomic E-state index is 0. The summed E-state index contributed by atoms with van der Waals surface area (Å²) < 4.78 is 5.70.